The smallest absolute Gasteiger partial charge is 0.268 e. The van der Waals surface area contributed by atoms with Crippen LogP contribution in [-0.2, 0) is 0 Å². The number of anilines is 2. The van der Waals surface area contributed by atoms with Gasteiger partial charge in [-0.05, 0) is 27.2 Å². The number of nitrogens with one attached hydrogen (secondary N) is 1. The third-order valence-corrected chi connectivity index (χ3v) is 3.63. The molecule has 1 rings (SSSR count). The highest BCUT2D eigenvalue weighted by Crippen LogP contribution is 2.26. The minimum atomic E-state index is -0.123. The summed E-state index contributed by atoms with van der Waals surface area (Å²) >= 11 is 1.27. The van der Waals surface area contributed by atoms with E-state index in [4.69, 9.17) is 10.8 Å². The number of nitrogens with zero attached hydrogens (tertiary/aromatic N) is 2. The average Bonchev–Trinajstić information content (AvgIpc) is 2.70. The summed E-state index contributed by atoms with van der Waals surface area (Å²) in [5.74, 6) is 0.142. The standard InChI is InChI=1S/C12H22N4O2S/c1-4-14-12-15-10(13)9(19-12)11(18)16(8(2)3)6-5-7-17/h8,17H,4-7,13H2,1-3H3,(H,14,15). The molecule has 1 aromatic heterocycles. The number of hydrogen-bond acceptors (Lipinski definition) is 6. The van der Waals surface area contributed by atoms with Crippen molar-refractivity contribution in [2.75, 3.05) is 30.7 Å². The summed E-state index contributed by atoms with van der Waals surface area (Å²) in [4.78, 5) is 18.7. The largest absolute Gasteiger partial charge is 0.396 e. The molecule has 0 unspecified atom stereocenters. The second kappa shape index (κ2) is 7.30. The number of hydrogen-bond donors (Lipinski definition) is 3. The second-order valence-corrected chi connectivity index (χ2v) is 5.43. The van der Waals surface area contributed by atoms with Gasteiger partial charge in [-0.25, -0.2) is 4.98 Å². The zero-order chi connectivity index (χ0) is 14.4. The van der Waals surface area contributed by atoms with Gasteiger partial charge in [-0.2, -0.15) is 0 Å². The molecule has 0 atom stereocenters. The molecule has 0 aliphatic carbocycles. The lowest BCUT2D eigenvalue weighted by atomic mass is 10.2. The van der Waals surface area contributed by atoms with Crippen LogP contribution >= 0.6 is 11.3 Å². The van der Waals surface area contributed by atoms with Gasteiger partial charge in [-0.1, -0.05) is 11.3 Å². The Bertz CT molecular complexity index is 420. The lowest BCUT2D eigenvalue weighted by molar-refractivity contribution is 0.0699. The molecule has 1 amide bonds. The molecule has 0 saturated heterocycles. The summed E-state index contributed by atoms with van der Waals surface area (Å²) in [6.07, 6.45) is 0.558. The zero-order valence-corrected chi connectivity index (χ0v) is 12.5. The number of carbonyl (C=O) groups is 1. The molecule has 7 heteroatoms. The fraction of sp³-hybridized carbons (Fsp3) is 0.667. The molecule has 0 fully saturated rings. The SMILES string of the molecule is CCNc1nc(N)c(C(=O)N(CCCO)C(C)C)s1. The summed E-state index contributed by atoms with van der Waals surface area (Å²) in [6, 6.07) is 0.0585. The first-order valence-corrected chi connectivity index (χ1v) is 7.24. The van der Waals surface area contributed by atoms with E-state index in [1.807, 2.05) is 20.8 Å². The van der Waals surface area contributed by atoms with Crippen LogP contribution in [0.5, 0.6) is 0 Å². The average molecular weight is 286 g/mol. The Balaban J connectivity index is 2.89. The number of amides is 1. The highest BCUT2D eigenvalue weighted by molar-refractivity contribution is 7.18. The van der Waals surface area contributed by atoms with Crippen LogP contribution in [-0.4, -0.2) is 46.6 Å². The van der Waals surface area contributed by atoms with E-state index in [9.17, 15) is 4.79 Å². The van der Waals surface area contributed by atoms with Crippen LogP contribution in [0.1, 0.15) is 36.9 Å². The van der Waals surface area contributed by atoms with E-state index < -0.39 is 0 Å². The quantitative estimate of drug-likeness (QED) is 0.704. The van der Waals surface area contributed by atoms with Crippen LogP contribution in [0.25, 0.3) is 0 Å². The van der Waals surface area contributed by atoms with E-state index in [1.54, 1.807) is 4.90 Å². The van der Waals surface area contributed by atoms with Gasteiger partial charge >= 0.3 is 0 Å². The first kappa shape index (κ1) is 15.7. The Morgan fingerprint density at radius 2 is 2.26 bits per heavy atom. The zero-order valence-electron chi connectivity index (χ0n) is 11.6. The predicted octanol–water partition coefficient (Wildman–Crippen LogP) is 1.39. The molecule has 4 N–H and O–H groups in total. The monoisotopic (exact) mass is 286 g/mol. The van der Waals surface area contributed by atoms with E-state index in [0.717, 1.165) is 6.54 Å². The number of carbonyl (C=O) groups excluding carboxylic acids is 1. The first-order valence-electron chi connectivity index (χ1n) is 6.43. The Labute approximate surface area is 117 Å². The Kier molecular flexibility index (Phi) is 6.04. The van der Waals surface area contributed by atoms with Gasteiger partial charge in [0.15, 0.2) is 5.13 Å². The molecule has 0 radical (unpaired) electrons. The van der Waals surface area contributed by atoms with Gasteiger partial charge in [0.05, 0.1) is 0 Å². The van der Waals surface area contributed by atoms with Crippen molar-refractivity contribution < 1.29 is 9.90 Å². The van der Waals surface area contributed by atoms with Gasteiger partial charge in [-0.3, -0.25) is 4.79 Å². The maximum Gasteiger partial charge on any atom is 0.268 e. The van der Waals surface area contributed by atoms with Crippen molar-refractivity contribution in [2.24, 2.45) is 0 Å². The van der Waals surface area contributed by atoms with Crippen molar-refractivity contribution in [1.82, 2.24) is 9.88 Å². The minimum Gasteiger partial charge on any atom is -0.396 e. The molecule has 1 aromatic rings. The van der Waals surface area contributed by atoms with Crippen LogP contribution in [0.15, 0.2) is 0 Å². The molecule has 0 aromatic carbocycles. The third kappa shape index (κ3) is 4.07. The highest BCUT2D eigenvalue weighted by atomic mass is 32.1. The van der Waals surface area contributed by atoms with E-state index in [0.29, 0.717) is 23.0 Å². The van der Waals surface area contributed by atoms with Gasteiger partial charge in [0.1, 0.15) is 10.7 Å². The summed E-state index contributed by atoms with van der Waals surface area (Å²) in [5.41, 5.74) is 5.80. The van der Waals surface area contributed by atoms with Gasteiger partial charge < -0.3 is 21.1 Å². The molecule has 0 bridgehead atoms. The fourth-order valence-electron chi connectivity index (χ4n) is 1.68. The minimum absolute atomic E-state index is 0.0585. The van der Waals surface area contributed by atoms with Crippen LogP contribution in [0, 0.1) is 0 Å². The Morgan fingerprint density at radius 3 is 2.79 bits per heavy atom. The Hall–Kier alpha value is -1.34. The summed E-state index contributed by atoms with van der Waals surface area (Å²) in [5, 5.41) is 12.6. The molecule has 0 aliphatic heterocycles. The van der Waals surface area contributed by atoms with Crippen molar-refractivity contribution in [3.05, 3.63) is 4.88 Å². The topological polar surface area (TPSA) is 91.5 Å². The molecule has 108 valence electrons. The van der Waals surface area contributed by atoms with Gasteiger partial charge in [0, 0.05) is 25.7 Å². The van der Waals surface area contributed by atoms with E-state index in [2.05, 4.69) is 10.3 Å². The van der Waals surface area contributed by atoms with E-state index in [-0.39, 0.29) is 24.4 Å². The number of rotatable bonds is 7. The normalized spacial score (nSPS) is 10.8. The Morgan fingerprint density at radius 1 is 1.58 bits per heavy atom. The third-order valence-electron chi connectivity index (χ3n) is 2.62. The number of thiazole rings is 1. The molecule has 0 saturated carbocycles. The van der Waals surface area contributed by atoms with E-state index in [1.165, 1.54) is 11.3 Å². The van der Waals surface area contributed by atoms with E-state index >= 15 is 0 Å². The molecule has 0 aliphatic rings. The highest BCUT2D eigenvalue weighted by Gasteiger charge is 2.23. The maximum absolute atomic E-state index is 12.4. The predicted molar refractivity (Wildman–Crippen MR) is 78.6 cm³/mol. The molecule has 1 heterocycles. The first-order chi connectivity index (χ1) is 9.01. The molecular weight excluding hydrogens is 264 g/mol. The second-order valence-electron chi connectivity index (χ2n) is 4.43. The van der Waals surface area contributed by atoms with Crippen molar-refractivity contribution in [2.45, 2.75) is 33.2 Å². The number of aliphatic hydroxyl groups is 1. The van der Waals surface area contributed by atoms with Crippen molar-refractivity contribution >= 4 is 28.2 Å². The van der Waals surface area contributed by atoms with Crippen molar-refractivity contribution in [1.29, 1.82) is 0 Å². The lowest BCUT2D eigenvalue weighted by Crippen LogP contribution is -2.38. The number of nitrogen functional groups attached to an aromatic ring is 1. The van der Waals surface area contributed by atoms with Crippen LogP contribution in [0.2, 0.25) is 0 Å². The lowest BCUT2D eigenvalue weighted by Gasteiger charge is -2.26. The van der Waals surface area contributed by atoms with Crippen molar-refractivity contribution in [3.8, 4) is 0 Å². The van der Waals surface area contributed by atoms with Gasteiger partial charge in [-0.15, -0.1) is 0 Å². The van der Waals surface area contributed by atoms with Crippen molar-refractivity contribution in [3.63, 3.8) is 0 Å². The van der Waals surface area contributed by atoms with Gasteiger partial charge in [0.2, 0.25) is 0 Å². The molecule has 19 heavy (non-hydrogen) atoms. The summed E-state index contributed by atoms with van der Waals surface area (Å²) < 4.78 is 0. The fourth-order valence-corrected chi connectivity index (χ4v) is 2.59. The molecular formula is C12H22N4O2S. The number of nitrogens with two attached hydrogens (primary N) is 1. The van der Waals surface area contributed by atoms with Gasteiger partial charge in [0.25, 0.3) is 5.91 Å². The maximum atomic E-state index is 12.4. The van der Waals surface area contributed by atoms with Crippen LogP contribution < -0.4 is 11.1 Å². The van der Waals surface area contributed by atoms with Crippen LogP contribution in [0.3, 0.4) is 0 Å². The number of aliphatic hydroxyl groups excluding tert-OH is 1. The molecule has 6 nitrogen and oxygen atoms in total. The number of aromatic nitrogens is 1. The molecule has 0 spiro atoms. The summed E-state index contributed by atoms with van der Waals surface area (Å²) in [6.45, 7) is 7.16. The summed E-state index contributed by atoms with van der Waals surface area (Å²) in [7, 11) is 0. The van der Waals surface area contributed by atoms with Crippen LogP contribution in [0.4, 0.5) is 10.9 Å².